The summed E-state index contributed by atoms with van der Waals surface area (Å²) < 4.78 is 5.53. The summed E-state index contributed by atoms with van der Waals surface area (Å²) in [5.41, 5.74) is 3.87. The Balaban J connectivity index is 1.58. The van der Waals surface area contributed by atoms with Gasteiger partial charge < -0.3 is 4.74 Å². The highest BCUT2D eigenvalue weighted by atomic mass is 16.6. The van der Waals surface area contributed by atoms with Gasteiger partial charge in [-0.05, 0) is 23.8 Å². The number of non-ortho nitro benzene ring substituents is 1. The molecule has 0 spiro atoms. The molecule has 0 saturated carbocycles. The molecule has 7 heteroatoms. The van der Waals surface area contributed by atoms with Gasteiger partial charge in [-0.15, -0.1) is 0 Å². The van der Waals surface area contributed by atoms with Gasteiger partial charge in [-0.25, -0.2) is 9.78 Å². The minimum atomic E-state index is -0.662. The fourth-order valence-corrected chi connectivity index (χ4v) is 4.17. The first kappa shape index (κ1) is 23.6. The van der Waals surface area contributed by atoms with Crippen LogP contribution in [-0.2, 0) is 4.74 Å². The van der Waals surface area contributed by atoms with Crippen molar-refractivity contribution in [3.63, 3.8) is 0 Å². The minimum Gasteiger partial charge on any atom is -0.454 e. The Labute approximate surface area is 212 Å². The number of nitro groups is 1. The number of Topliss-reactive ketones (excluding diaryl/α,β-unsaturated/α-hetero) is 1. The van der Waals surface area contributed by atoms with Gasteiger partial charge in [0.15, 0.2) is 12.4 Å². The van der Waals surface area contributed by atoms with Crippen molar-refractivity contribution in [2.45, 2.75) is 0 Å². The topological polar surface area (TPSA) is 99.4 Å². The smallest absolute Gasteiger partial charge is 0.339 e. The van der Waals surface area contributed by atoms with Gasteiger partial charge in [-0.1, -0.05) is 78.9 Å². The lowest BCUT2D eigenvalue weighted by molar-refractivity contribution is -0.384. The number of hydrogen-bond acceptors (Lipinski definition) is 6. The van der Waals surface area contributed by atoms with Crippen LogP contribution in [0.5, 0.6) is 0 Å². The van der Waals surface area contributed by atoms with Crippen LogP contribution in [0.4, 0.5) is 5.69 Å². The third kappa shape index (κ3) is 4.83. The maximum Gasteiger partial charge on any atom is 0.339 e. The Morgan fingerprint density at radius 2 is 1.35 bits per heavy atom. The van der Waals surface area contributed by atoms with Gasteiger partial charge in [0.1, 0.15) is 0 Å². The van der Waals surface area contributed by atoms with E-state index in [0.29, 0.717) is 27.7 Å². The first-order chi connectivity index (χ1) is 18.0. The van der Waals surface area contributed by atoms with Crippen molar-refractivity contribution in [1.29, 1.82) is 0 Å². The lowest BCUT2D eigenvalue weighted by Gasteiger charge is -2.17. The average molecular weight is 488 g/mol. The largest absolute Gasteiger partial charge is 0.454 e. The van der Waals surface area contributed by atoms with E-state index in [0.717, 1.165) is 11.1 Å². The molecule has 0 atom stereocenters. The van der Waals surface area contributed by atoms with Crippen molar-refractivity contribution < 1.29 is 19.2 Å². The molecule has 0 aliphatic carbocycles. The number of carbonyl (C=O) groups excluding carboxylic acids is 2. The van der Waals surface area contributed by atoms with Crippen LogP contribution in [0.3, 0.4) is 0 Å². The summed E-state index contributed by atoms with van der Waals surface area (Å²) in [7, 11) is 0. The number of ketones is 1. The van der Waals surface area contributed by atoms with E-state index in [1.807, 2.05) is 78.9 Å². The van der Waals surface area contributed by atoms with E-state index in [2.05, 4.69) is 0 Å². The summed E-state index contributed by atoms with van der Waals surface area (Å²) in [5, 5.41) is 11.5. The number of benzene rings is 4. The van der Waals surface area contributed by atoms with Gasteiger partial charge >= 0.3 is 5.97 Å². The normalized spacial score (nSPS) is 10.7. The van der Waals surface area contributed by atoms with Crippen molar-refractivity contribution in [3.8, 4) is 22.4 Å². The molecular weight excluding hydrogens is 468 g/mol. The molecule has 0 radical (unpaired) electrons. The van der Waals surface area contributed by atoms with Crippen LogP contribution in [0.15, 0.2) is 109 Å². The molecule has 37 heavy (non-hydrogen) atoms. The molecule has 0 bridgehead atoms. The summed E-state index contributed by atoms with van der Waals surface area (Å²) in [6.07, 6.45) is 0. The van der Waals surface area contributed by atoms with Crippen LogP contribution < -0.4 is 0 Å². The molecule has 0 saturated heterocycles. The predicted molar refractivity (Wildman–Crippen MR) is 140 cm³/mol. The second-order valence-electron chi connectivity index (χ2n) is 8.26. The highest BCUT2D eigenvalue weighted by Gasteiger charge is 2.24. The van der Waals surface area contributed by atoms with E-state index in [1.165, 1.54) is 24.3 Å². The van der Waals surface area contributed by atoms with Gasteiger partial charge in [0.05, 0.1) is 21.7 Å². The second kappa shape index (κ2) is 10.2. The number of nitrogens with zero attached hydrogens (tertiary/aromatic N) is 2. The number of pyridine rings is 1. The van der Waals surface area contributed by atoms with Crippen LogP contribution in [0.25, 0.3) is 33.3 Å². The molecule has 1 heterocycles. The van der Waals surface area contributed by atoms with Gasteiger partial charge in [-0.3, -0.25) is 14.9 Å². The average Bonchev–Trinajstić information content (AvgIpc) is 2.95. The van der Waals surface area contributed by atoms with Crippen LogP contribution in [-0.4, -0.2) is 28.3 Å². The molecule has 0 unspecified atom stereocenters. The molecule has 5 rings (SSSR count). The Hall–Kier alpha value is -5.17. The molecule has 7 nitrogen and oxygen atoms in total. The number of aromatic nitrogens is 1. The number of fused-ring (bicyclic) bond motifs is 1. The molecule has 4 aromatic carbocycles. The van der Waals surface area contributed by atoms with E-state index < -0.39 is 23.3 Å². The fraction of sp³-hybridized carbons (Fsp3) is 0.0333. The number of rotatable bonds is 7. The first-order valence-corrected chi connectivity index (χ1v) is 11.5. The maximum absolute atomic E-state index is 13.6. The Morgan fingerprint density at radius 3 is 2.00 bits per heavy atom. The number of esters is 1. The zero-order valence-electron chi connectivity index (χ0n) is 19.5. The SMILES string of the molecule is O=C(COC(=O)c1c(-c2ccccc2)c(-c2ccccc2)nc2ccccc12)c1ccc([N+](=O)[O-])cc1. The number of para-hydroxylation sites is 1. The number of carbonyl (C=O) groups is 2. The molecule has 180 valence electrons. The second-order valence-corrected chi connectivity index (χ2v) is 8.26. The molecular formula is C30H20N2O5. The summed E-state index contributed by atoms with van der Waals surface area (Å²) in [5.74, 6) is -1.13. The van der Waals surface area contributed by atoms with Gasteiger partial charge in [-0.2, -0.15) is 0 Å². The van der Waals surface area contributed by atoms with E-state index in [1.54, 1.807) is 6.07 Å². The Bertz CT molecular complexity index is 1620. The third-order valence-corrected chi connectivity index (χ3v) is 5.94. The van der Waals surface area contributed by atoms with Crippen LogP contribution >= 0.6 is 0 Å². The summed E-state index contributed by atoms with van der Waals surface area (Å²) in [4.78, 5) is 41.6. The molecule has 0 aliphatic rings. The number of hydrogen-bond donors (Lipinski definition) is 0. The monoisotopic (exact) mass is 488 g/mol. The Morgan fingerprint density at radius 1 is 0.757 bits per heavy atom. The lowest BCUT2D eigenvalue weighted by Crippen LogP contribution is -2.16. The summed E-state index contributed by atoms with van der Waals surface area (Å²) in [6, 6.07) is 31.5. The Kier molecular flexibility index (Phi) is 6.50. The molecule has 1 aromatic heterocycles. The van der Waals surface area contributed by atoms with E-state index in [-0.39, 0.29) is 11.3 Å². The highest BCUT2D eigenvalue weighted by molar-refractivity contribution is 6.12. The van der Waals surface area contributed by atoms with Gasteiger partial charge in [0.2, 0.25) is 0 Å². The highest BCUT2D eigenvalue weighted by Crippen LogP contribution is 2.38. The summed E-state index contributed by atoms with van der Waals surface area (Å²) in [6.45, 7) is -0.512. The first-order valence-electron chi connectivity index (χ1n) is 11.5. The van der Waals surface area contributed by atoms with Crippen molar-refractivity contribution in [2.24, 2.45) is 0 Å². The van der Waals surface area contributed by atoms with Gasteiger partial charge in [0, 0.05) is 34.2 Å². The molecule has 0 amide bonds. The van der Waals surface area contributed by atoms with Crippen LogP contribution in [0.1, 0.15) is 20.7 Å². The zero-order chi connectivity index (χ0) is 25.8. The molecule has 5 aromatic rings. The molecule has 0 aliphatic heterocycles. The predicted octanol–water partition coefficient (Wildman–Crippen LogP) is 6.52. The maximum atomic E-state index is 13.6. The van der Waals surface area contributed by atoms with E-state index in [9.17, 15) is 19.7 Å². The number of ether oxygens (including phenoxy) is 1. The van der Waals surface area contributed by atoms with Gasteiger partial charge in [0.25, 0.3) is 5.69 Å². The quantitative estimate of drug-likeness (QED) is 0.112. The van der Waals surface area contributed by atoms with Crippen molar-refractivity contribution in [1.82, 2.24) is 4.98 Å². The molecule has 0 fully saturated rings. The zero-order valence-corrected chi connectivity index (χ0v) is 19.5. The van der Waals surface area contributed by atoms with Crippen molar-refractivity contribution >= 4 is 28.3 Å². The van der Waals surface area contributed by atoms with Crippen molar-refractivity contribution in [2.75, 3.05) is 6.61 Å². The molecule has 0 N–H and O–H groups in total. The fourth-order valence-electron chi connectivity index (χ4n) is 4.17. The standard InChI is InChI=1S/C30H20N2O5/c33-26(20-15-17-23(18-16-20)32(35)36)19-37-30(34)28-24-13-7-8-14-25(24)31-29(22-11-5-2-6-12-22)27(28)21-9-3-1-4-10-21/h1-18H,19H2. The summed E-state index contributed by atoms with van der Waals surface area (Å²) >= 11 is 0. The van der Waals surface area contributed by atoms with E-state index >= 15 is 0 Å². The number of nitro benzene ring substituents is 1. The van der Waals surface area contributed by atoms with E-state index in [4.69, 9.17) is 9.72 Å². The third-order valence-electron chi connectivity index (χ3n) is 5.94. The van der Waals surface area contributed by atoms with Crippen LogP contribution in [0, 0.1) is 10.1 Å². The lowest BCUT2D eigenvalue weighted by atomic mass is 9.92. The minimum absolute atomic E-state index is 0.127. The van der Waals surface area contributed by atoms with Crippen LogP contribution in [0.2, 0.25) is 0 Å². The van der Waals surface area contributed by atoms with Crippen molar-refractivity contribution in [3.05, 3.63) is 130 Å².